The van der Waals surface area contributed by atoms with Crippen LogP contribution in [-0.2, 0) is 25.6 Å². The molecule has 15 heteroatoms. The number of urea groups is 1. The number of piperidine rings is 1. The summed E-state index contributed by atoms with van der Waals surface area (Å²) in [5, 5.41) is 8.89. The van der Waals surface area contributed by atoms with E-state index < -0.39 is 18.3 Å². The smallest absolute Gasteiger partial charge is 0.322 e. The van der Waals surface area contributed by atoms with E-state index in [-0.39, 0.29) is 41.4 Å². The number of aldehydes is 1. The normalized spacial score (nSPS) is 16.8. The Balaban J connectivity index is 0.000000208. The first-order chi connectivity index (χ1) is 31.4. The van der Waals surface area contributed by atoms with Crippen LogP contribution >= 0.6 is 23.2 Å². The van der Waals surface area contributed by atoms with E-state index >= 15 is 0 Å². The topological polar surface area (TPSA) is 150 Å². The van der Waals surface area contributed by atoms with E-state index in [1.54, 1.807) is 13.1 Å². The highest BCUT2D eigenvalue weighted by molar-refractivity contribution is 6.35. The minimum absolute atomic E-state index is 0.0309. The van der Waals surface area contributed by atoms with Gasteiger partial charge in [-0.3, -0.25) is 24.6 Å². The molecule has 2 aliphatic heterocycles. The SMILES string of the molecule is CC.CNC(=O)CCC(C=O)c1cccc(-c2ccc(Cc3nccc(C(F)F)n3)cc2)c1Cl.O=C1CCC(c2cccc(-c3ccc(N4C(=O)NCCC45CCC5)cc3)c2Cl)C(=O)N1. The third-order valence-corrected chi connectivity index (χ3v) is 12.9. The van der Waals surface area contributed by atoms with Crippen LogP contribution in [0.3, 0.4) is 0 Å². The quantitative estimate of drug-likeness (QED) is 0.0833. The maximum absolute atomic E-state index is 12.8. The summed E-state index contributed by atoms with van der Waals surface area (Å²) in [7, 11) is 1.55. The van der Waals surface area contributed by atoms with Crippen LogP contribution in [0.2, 0.25) is 10.0 Å². The summed E-state index contributed by atoms with van der Waals surface area (Å²) in [6.45, 7) is 4.73. The van der Waals surface area contributed by atoms with Gasteiger partial charge >= 0.3 is 6.03 Å². The zero-order chi connectivity index (χ0) is 46.7. The Bertz CT molecular complexity index is 2500. The highest BCUT2D eigenvalue weighted by Crippen LogP contribution is 2.45. The number of aromatic nitrogens is 2. The Kier molecular flexibility index (Phi) is 16.6. The molecule has 2 saturated heterocycles. The van der Waals surface area contributed by atoms with Crippen LogP contribution in [0.25, 0.3) is 22.3 Å². The van der Waals surface area contributed by atoms with Crippen LogP contribution in [-0.4, -0.2) is 59.1 Å². The van der Waals surface area contributed by atoms with Gasteiger partial charge in [-0.05, 0) is 84.5 Å². The summed E-state index contributed by atoms with van der Waals surface area (Å²) < 4.78 is 25.7. The summed E-state index contributed by atoms with van der Waals surface area (Å²) in [5.74, 6) is -1.27. The van der Waals surface area contributed by atoms with E-state index in [1.807, 2.05) is 97.6 Å². The van der Waals surface area contributed by atoms with Gasteiger partial charge in [-0.2, -0.15) is 0 Å². The monoisotopic (exact) mass is 924 g/mol. The number of nitrogens with zero attached hydrogens (tertiary/aromatic N) is 3. The Hall–Kier alpha value is -6.05. The first kappa shape index (κ1) is 48.4. The van der Waals surface area contributed by atoms with Crippen molar-refractivity contribution < 1.29 is 32.8 Å². The number of hydrogen-bond acceptors (Lipinski definition) is 7. The molecule has 1 spiro atoms. The standard InChI is InChI=1S/C24H22ClF2N3O2.C24H24ClN3O3.C2H6/c1-28-22(32)10-9-17(14-31)19-4-2-3-18(23(19)25)16-7-5-15(6-8-16)13-21-29-12-11-20(30-21)24(26)27;25-21-17(3-1-4-18(21)19-9-10-20(29)27-22(19)30)15-5-7-16(8-6-15)28-23(31)26-14-13-24(28)11-2-12-24;1-2/h2-8,11-12,14,17,24H,9-10,13H2,1H3,(H,28,32);1,3-8,19H,2,9-14H2,(H,26,31)(H,27,29,30);1-2H3. The van der Waals surface area contributed by atoms with Crippen molar-refractivity contribution in [2.24, 2.45) is 0 Å². The van der Waals surface area contributed by atoms with E-state index in [9.17, 15) is 32.8 Å². The lowest BCUT2D eigenvalue weighted by atomic mass is 9.72. The maximum Gasteiger partial charge on any atom is 0.322 e. The van der Waals surface area contributed by atoms with Gasteiger partial charge in [0.15, 0.2) is 0 Å². The van der Waals surface area contributed by atoms with Gasteiger partial charge < -0.3 is 15.4 Å². The molecule has 65 heavy (non-hydrogen) atoms. The number of amides is 5. The van der Waals surface area contributed by atoms with Crippen molar-refractivity contribution in [3.8, 4) is 22.3 Å². The number of nitrogens with one attached hydrogen (secondary N) is 3. The molecule has 5 amide bonds. The number of carbonyl (C=O) groups excluding carboxylic acids is 5. The van der Waals surface area contributed by atoms with Crippen LogP contribution in [0.1, 0.15) is 112 Å². The highest BCUT2D eigenvalue weighted by atomic mass is 35.5. The molecule has 3 fully saturated rings. The molecule has 1 aromatic heterocycles. The van der Waals surface area contributed by atoms with Gasteiger partial charge in [0.1, 0.15) is 17.8 Å². The van der Waals surface area contributed by atoms with E-state index in [0.717, 1.165) is 77.6 Å². The lowest BCUT2D eigenvalue weighted by Gasteiger charge is -2.52. The molecular weight excluding hydrogens is 873 g/mol. The molecule has 2 atom stereocenters. The second-order valence-electron chi connectivity index (χ2n) is 15.9. The van der Waals surface area contributed by atoms with Crippen LogP contribution in [0.4, 0.5) is 19.3 Å². The van der Waals surface area contributed by atoms with Crippen molar-refractivity contribution in [3.63, 3.8) is 0 Å². The van der Waals surface area contributed by atoms with Gasteiger partial charge in [-0.15, -0.1) is 0 Å². The molecule has 1 saturated carbocycles. The number of alkyl halides is 2. The van der Waals surface area contributed by atoms with Crippen molar-refractivity contribution in [1.29, 1.82) is 0 Å². The molecule has 340 valence electrons. The average molecular weight is 926 g/mol. The number of carbonyl (C=O) groups is 5. The number of rotatable bonds is 12. The van der Waals surface area contributed by atoms with Crippen LogP contribution in [0.5, 0.6) is 0 Å². The van der Waals surface area contributed by atoms with E-state index in [2.05, 4.69) is 25.9 Å². The Morgan fingerprint density at radius 1 is 0.908 bits per heavy atom. The summed E-state index contributed by atoms with van der Waals surface area (Å²) in [6, 6.07) is 27.6. The van der Waals surface area contributed by atoms with E-state index in [1.165, 1.54) is 12.3 Å². The molecule has 8 rings (SSSR count). The fourth-order valence-corrected chi connectivity index (χ4v) is 9.20. The predicted octanol–water partition coefficient (Wildman–Crippen LogP) is 10.5. The minimum atomic E-state index is -2.64. The van der Waals surface area contributed by atoms with Gasteiger partial charge in [0.2, 0.25) is 17.7 Å². The molecule has 11 nitrogen and oxygen atoms in total. The number of hydrogen-bond donors (Lipinski definition) is 3. The van der Waals surface area contributed by atoms with Crippen molar-refractivity contribution >= 4 is 58.9 Å². The average Bonchev–Trinajstić information content (AvgIpc) is 3.30. The van der Waals surface area contributed by atoms with Crippen molar-refractivity contribution in [2.45, 2.75) is 95.4 Å². The molecule has 3 aliphatic rings. The van der Waals surface area contributed by atoms with Gasteiger partial charge in [-0.1, -0.05) is 110 Å². The maximum atomic E-state index is 12.8. The fourth-order valence-electron chi connectivity index (χ4n) is 8.45. The number of imide groups is 1. The molecular formula is C50H52Cl2F2N6O5. The third kappa shape index (κ3) is 11.3. The molecule has 0 bridgehead atoms. The summed E-state index contributed by atoms with van der Waals surface area (Å²) in [6.07, 6.45) is 5.40. The first-order valence-electron chi connectivity index (χ1n) is 21.9. The number of benzene rings is 4. The van der Waals surface area contributed by atoms with Crippen LogP contribution in [0.15, 0.2) is 97.2 Å². The predicted molar refractivity (Wildman–Crippen MR) is 249 cm³/mol. The molecule has 2 unspecified atom stereocenters. The zero-order valence-corrected chi connectivity index (χ0v) is 38.0. The van der Waals surface area contributed by atoms with Gasteiger partial charge in [0.05, 0.1) is 21.5 Å². The second-order valence-corrected chi connectivity index (χ2v) is 16.6. The molecule has 3 N–H and O–H groups in total. The van der Waals surface area contributed by atoms with Crippen LogP contribution in [0, 0.1) is 0 Å². The molecule has 1 aliphatic carbocycles. The van der Waals surface area contributed by atoms with Crippen molar-refractivity contribution in [2.75, 3.05) is 18.5 Å². The first-order valence-corrected chi connectivity index (χ1v) is 22.6. The lowest BCUT2D eigenvalue weighted by Crippen LogP contribution is -2.64. The summed E-state index contributed by atoms with van der Waals surface area (Å²) in [4.78, 5) is 69.5. The third-order valence-electron chi connectivity index (χ3n) is 12.0. The zero-order valence-electron chi connectivity index (χ0n) is 36.5. The molecule has 4 aromatic carbocycles. The van der Waals surface area contributed by atoms with Crippen LogP contribution < -0.4 is 20.9 Å². The Morgan fingerprint density at radius 3 is 2.18 bits per heavy atom. The van der Waals surface area contributed by atoms with Gasteiger partial charge in [-0.25, -0.2) is 23.5 Å². The Morgan fingerprint density at radius 2 is 1.57 bits per heavy atom. The Labute approximate surface area is 387 Å². The number of halogens is 4. The van der Waals surface area contributed by atoms with Gasteiger partial charge in [0.25, 0.3) is 6.43 Å². The highest BCUT2D eigenvalue weighted by Gasteiger charge is 2.47. The molecule has 5 aromatic rings. The van der Waals surface area contributed by atoms with E-state index in [4.69, 9.17) is 23.2 Å². The lowest BCUT2D eigenvalue weighted by molar-refractivity contribution is -0.134. The molecule has 3 heterocycles. The largest absolute Gasteiger partial charge is 0.359 e. The minimum Gasteiger partial charge on any atom is -0.359 e. The number of anilines is 1. The van der Waals surface area contributed by atoms with Crippen molar-refractivity contribution in [1.82, 2.24) is 25.9 Å². The van der Waals surface area contributed by atoms with Gasteiger partial charge in [0, 0.05) is 61.8 Å². The van der Waals surface area contributed by atoms with E-state index in [0.29, 0.717) is 47.1 Å². The molecule has 0 radical (unpaired) electrons. The fraction of sp³-hybridized carbons (Fsp3) is 0.340. The summed E-state index contributed by atoms with van der Waals surface area (Å²) >= 11 is 13.4. The summed E-state index contributed by atoms with van der Waals surface area (Å²) in [5.41, 5.74) is 6.17. The second kappa shape index (κ2) is 22.2. The van der Waals surface area contributed by atoms with Crippen molar-refractivity contribution in [3.05, 3.63) is 135 Å².